The van der Waals surface area contributed by atoms with Crippen LogP contribution in [0.2, 0.25) is 0 Å². The fourth-order valence-corrected chi connectivity index (χ4v) is 4.67. The van der Waals surface area contributed by atoms with Gasteiger partial charge in [-0.3, -0.25) is 9.78 Å². The lowest BCUT2D eigenvalue weighted by Crippen LogP contribution is -2.67. The first-order chi connectivity index (χ1) is 12.6. The van der Waals surface area contributed by atoms with Gasteiger partial charge in [0.05, 0.1) is 30.8 Å². The second-order valence-electron chi connectivity index (χ2n) is 8.06. The van der Waals surface area contributed by atoms with E-state index in [-0.39, 0.29) is 12.1 Å². The zero-order chi connectivity index (χ0) is 17.8. The Hall–Kier alpha value is -2.41. The van der Waals surface area contributed by atoms with Crippen molar-refractivity contribution in [1.82, 2.24) is 20.1 Å². The number of nitrogens with zero attached hydrogens (tertiary/aromatic N) is 3. The Morgan fingerprint density at radius 2 is 2.15 bits per heavy atom. The van der Waals surface area contributed by atoms with E-state index in [1.807, 2.05) is 22.9 Å². The van der Waals surface area contributed by atoms with Crippen LogP contribution in [0.5, 0.6) is 5.75 Å². The first-order valence-electron chi connectivity index (χ1n) is 9.05. The molecule has 0 spiro atoms. The van der Waals surface area contributed by atoms with Crippen LogP contribution in [0.3, 0.4) is 0 Å². The summed E-state index contributed by atoms with van der Waals surface area (Å²) in [6.07, 6.45) is 7.03. The second kappa shape index (κ2) is 5.54. The van der Waals surface area contributed by atoms with Gasteiger partial charge in [-0.15, -0.1) is 0 Å². The number of carbonyl (C=O) groups excluding carboxylic acids is 1. The minimum Gasteiger partial charge on any atom is -0.491 e. The normalized spacial score (nSPS) is 30.9. The van der Waals surface area contributed by atoms with Crippen molar-refractivity contribution >= 4 is 5.91 Å². The Morgan fingerprint density at radius 3 is 2.81 bits per heavy atom. The fraction of sp³-hybridized carbons (Fsp3) is 0.526. The third-order valence-corrected chi connectivity index (χ3v) is 5.76. The van der Waals surface area contributed by atoms with Gasteiger partial charge in [0.2, 0.25) is 5.91 Å². The molecule has 4 fully saturated rings. The number of rotatable bonds is 7. The number of aromatic nitrogens is 3. The molecular weight excluding hydrogens is 332 g/mol. The number of hydrogen-bond donors (Lipinski definition) is 1. The highest BCUT2D eigenvalue weighted by molar-refractivity contribution is 5.72. The van der Waals surface area contributed by atoms with Crippen molar-refractivity contribution in [3.8, 4) is 17.1 Å². The molecule has 26 heavy (non-hydrogen) atoms. The Bertz CT molecular complexity index is 821. The Labute approximate surface area is 151 Å². The first-order valence-corrected chi connectivity index (χ1v) is 9.05. The highest BCUT2D eigenvalue weighted by atomic mass is 16.6. The molecule has 7 nitrogen and oxygen atoms in total. The maximum atomic E-state index is 11.1. The molecule has 1 atom stereocenters. The van der Waals surface area contributed by atoms with Crippen molar-refractivity contribution < 1.29 is 14.3 Å². The quantitative estimate of drug-likeness (QED) is 0.771. The summed E-state index contributed by atoms with van der Waals surface area (Å²) >= 11 is 0. The van der Waals surface area contributed by atoms with Crippen LogP contribution in [0.15, 0.2) is 30.6 Å². The molecule has 1 aliphatic heterocycles. The van der Waals surface area contributed by atoms with Crippen LogP contribution >= 0.6 is 0 Å². The highest BCUT2D eigenvalue weighted by Crippen LogP contribution is 2.72. The number of pyridine rings is 1. The van der Waals surface area contributed by atoms with Gasteiger partial charge < -0.3 is 14.8 Å². The van der Waals surface area contributed by atoms with Crippen LogP contribution in [0.25, 0.3) is 11.4 Å². The van der Waals surface area contributed by atoms with E-state index in [1.54, 1.807) is 19.3 Å². The molecule has 0 radical (unpaired) electrons. The molecule has 7 heteroatoms. The fourth-order valence-electron chi connectivity index (χ4n) is 4.67. The molecule has 1 saturated heterocycles. The van der Waals surface area contributed by atoms with E-state index in [2.05, 4.69) is 15.4 Å². The lowest BCUT2D eigenvalue weighted by molar-refractivity contribution is -0.215. The SMILES string of the molecule is CC(=O)NCC12CC(COc3ccc(-c4ccnn4C4CO4)nc3)(C1)C2. The molecule has 3 heterocycles. The average molecular weight is 354 g/mol. The summed E-state index contributed by atoms with van der Waals surface area (Å²) < 4.78 is 13.1. The molecule has 4 aliphatic rings. The van der Waals surface area contributed by atoms with Gasteiger partial charge in [-0.25, -0.2) is 4.68 Å². The van der Waals surface area contributed by atoms with Crippen LogP contribution in [-0.2, 0) is 9.53 Å². The summed E-state index contributed by atoms with van der Waals surface area (Å²) in [7, 11) is 0. The zero-order valence-corrected chi connectivity index (χ0v) is 14.8. The molecule has 3 saturated carbocycles. The molecule has 136 valence electrons. The predicted octanol–water partition coefficient (Wildman–Crippen LogP) is 2.16. The average Bonchev–Trinajstić information content (AvgIpc) is 3.29. The number of ether oxygens (including phenoxy) is 2. The van der Waals surface area contributed by atoms with Crippen LogP contribution in [-0.4, -0.2) is 40.4 Å². The van der Waals surface area contributed by atoms with E-state index in [9.17, 15) is 4.79 Å². The standard InChI is InChI=1S/C19H22N4O3/c1-13(24)21-11-18-8-19(9-18,10-18)12-26-14-2-3-15(20-6-14)16-4-5-22-23(16)17-7-25-17/h2-6,17H,7-12H2,1H3,(H,21,24). The number of epoxide rings is 1. The van der Waals surface area contributed by atoms with Gasteiger partial charge in [-0.05, 0) is 42.9 Å². The minimum absolute atomic E-state index is 0.0480. The van der Waals surface area contributed by atoms with Gasteiger partial charge in [-0.2, -0.15) is 5.10 Å². The van der Waals surface area contributed by atoms with Crippen molar-refractivity contribution in [2.75, 3.05) is 19.8 Å². The first kappa shape index (κ1) is 15.8. The summed E-state index contributed by atoms with van der Waals surface area (Å²) in [5, 5.41) is 7.24. The molecule has 0 aromatic carbocycles. The highest BCUT2D eigenvalue weighted by Gasteiger charge is 2.67. The number of nitrogens with one attached hydrogen (secondary N) is 1. The smallest absolute Gasteiger partial charge is 0.216 e. The van der Waals surface area contributed by atoms with Gasteiger partial charge in [0.15, 0.2) is 6.23 Å². The topological polar surface area (TPSA) is 81.6 Å². The van der Waals surface area contributed by atoms with Crippen molar-refractivity contribution in [3.05, 3.63) is 30.6 Å². The molecule has 3 aliphatic carbocycles. The van der Waals surface area contributed by atoms with E-state index in [0.29, 0.717) is 17.4 Å². The molecule has 1 unspecified atom stereocenters. The summed E-state index contributed by atoms with van der Waals surface area (Å²) in [6.45, 7) is 3.81. The van der Waals surface area contributed by atoms with E-state index < -0.39 is 0 Å². The maximum Gasteiger partial charge on any atom is 0.216 e. The lowest BCUT2D eigenvalue weighted by atomic mass is 9.35. The minimum atomic E-state index is 0.0480. The van der Waals surface area contributed by atoms with Gasteiger partial charge in [0.1, 0.15) is 5.75 Å². The van der Waals surface area contributed by atoms with E-state index >= 15 is 0 Å². The summed E-state index contributed by atoms with van der Waals surface area (Å²) in [4.78, 5) is 15.6. The van der Waals surface area contributed by atoms with Gasteiger partial charge in [0.25, 0.3) is 0 Å². The van der Waals surface area contributed by atoms with E-state index in [1.165, 1.54) is 0 Å². The van der Waals surface area contributed by atoms with Crippen molar-refractivity contribution in [2.45, 2.75) is 32.4 Å². The van der Waals surface area contributed by atoms with Crippen molar-refractivity contribution in [1.29, 1.82) is 0 Å². The zero-order valence-electron chi connectivity index (χ0n) is 14.8. The molecular formula is C19H22N4O3. The van der Waals surface area contributed by atoms with Crippen LogP contribution in [0, 0.1) is 10.8 Å². The number of amides is 1. The monoisotopic (exact) mass is 354 g/mol. The Morgan fingerprint density at radius 1 is 1.35 bits per heavy atom. The van der Waals surface area contributed by atoms with Gasteiger partial charge in [-0.1, -0.05) is 0 Å². The van der Waals surface area contributed by atoms with E-state index in [4.69, 9.17) is 9.47 Å². The van der Waals surface area contributed by atoms with Crippen molar-refractivity contribution in [2.24, 2.45) is 10.8 Å². The summed E-state index contributed by atoms with van der Waals surface area (Å²) in [5.41, 5.74) is 2.46. The third-order valence-electron chi connectivity index (χ3n) is 5.76. The third kappa shape index (κ3) is 2.67. The Kier molecular flexibility index (Phi) is 3.37. The van der Waals surface area contributed by atoms with E-state index in [0.717, 1.165) is 49.6 Å². The molecule has 2 aromatic rings. The Balaban J connectivity index is 1.16. The van der Waals surface area contributed by atoms with Crippen LogP contribution < -0.4 is 10.1 Å². The molecule has 2 bridgehead atoms. The van der Waals surface area contributed by atoms with Gasteiger partial charge >= 0.3 is 0 Å². The predicted molar refractivity (Wildman–Crippen MR) is 93.3 cm³/mol. The molecule has 2 aromatic heterocycles. The largest absolute Gasteiger partial charge is 0.491 e. The maximum absolute atomic E-state index is 11.1. The second-order valence-corrected chi connectivity index (χ2v) is 8.06. The number of carbonyl (C=O) groups is 1. The number of hydrogen-bond acceptors (Lipinski definition) is 5. The molecule has 1 amide bonds. The molecule has 6 rings (SSSR count). The van der Waals surface area contributed by atoms with Crippen LogP contribution in [0.1, 0.15) is 32.4 Å². The molecule has 1 N–H and O–H groups in total. The lowest BCUT2D eigenvalue weighted by Gasteiger charge is -2.70. The van der Waals surface area contributed by atoms with Crippen LogP contribution in [0.4, 0.5) is 0 Å². The summed E-state index contributed by atoms with van der Waals surface area (Å²) in [6, 6.07) is 5.87. The van der Waals surface area contributed by atoms with Gasteiger partial charge in [0, 0.05) is 25.1 Å². The summed E-state index contributed by atoms with van der Waals surface area (Å²) in [5.74, 6) is 0.851. The van der Waals surface area contributed by atoms with Crippen molar-refractivity contribution in [3.63, 3.8) is 0 Å².